The zero-order valence-electron chi connectivity index (χ0n) is 10.2. The van der Waals surface area contributed by atoms with Crippen molar-refractivity contribution in [2.24, 2.45) is 0 Å². The highest BCUT2D eigenvalue weighted by atomic mass is 16.5. The van der Waals surface area contributed by atoms with Crippen molar-refractivity contribution in [3.63, 3.8) is 0 Å². The van der Waals surface area contributed by atoms with Gasteiger partial charge in [0.1, 0.15) is 11.4 Å². The Morgan fingerprint density at radius 1 is 1.16 bits per heavy atom. The summed E-state index contributed by atoms with van der Waals surface area (Å²) < 4.78 is 4.55. The van der Waals surface area contributed by atoms with Gasteiger partial charge in [0.05, 0.1) is 19.0 Å². The predicted molar refractivity (Wildman–Crippen MR) is 67.8 cm³/mol. The van der Waals surface area contributed by atoms with Crippen LogP contribution >= 0.6 is 0 Å². The van der Waals surface area contributed by atoms with Crippen molar-refractivity contribution in [1.82, 2.24) is 9.97 Å². The second kappa shape index (κ2) is 5.72. The number of amides is 1. The van der Waals surface area contributed by atoms with Crippen molar-refractivity contribution in [3.8, 4) is 0 Å². The van der Waals surface area contributed by atoms with Gasteiger partial charge in [0.2, 0.25) is 0 Å². The lowest BCUT2D eigenvalue weighted by Crippen LogP contribution is -2.16. The van der Waals surface area contributed by atoms with Crippen molar-refractivity contribution < 1.29 is 14.3 Å². The molecule has 96 valence electrons. The van der Waals surface area contributed by atoms with Crippen LogP contribution in [0.15, 0.2) is 42.7 Å². The maximum absolute atomic E-state index is 11.9. The lowest BCUT2D eigenvalue weighted by atomic mass is 10.3. The van der Waals surface area contributed by atoms with Gasteiger partial charge in [-0.15, -0.1) is 0 Å². The fourth-order valence-electron chi connectivity index (χ4n) is 1.41. The number of ether oxygens (including phenoxy) is 1. The molecule has 1 amide bonds. The zero-order valence-corrected chi connectivity index (χ0v) is 10.2. The maximum atomic E-state index is 11.9. The lowest BCUT2D eigenvalue weighted by molar-refractivity contribution is 0.0594. The van der Waals surface area contributed by atoms with E-state index in [1.165, 1.54) is 25.4 Å². The van der Waals surface area contributed by atoms with E-state index in [4.69, 9.17) is 0 Å². The number of nitrogens with zero attached hydrogens (tertiary/aromatic N) is 2. The molecular formula is C13H11N3O3. The Bertz CT molecular complexity index is 599. The van der Waals surface area contributed by atoms with Crippen LogP contribution in [-0.2, 0) is 4.74 Å². The number of hydrogen-bond acceptors (Lipinski definition) is 5. The van der Waals surface area contributed by atoms with E-state index in [1.54, 1.807) is 24.4 Å². The van der Waals surface area contributed by atoms with E-state index in [1.807, 2.05) is 0 Å². The number of aromatic nitrogens is 2. The molecule has 6 heteroatoms. The highest BCUT2D eigenvalue weighted by Gasteiger charge is 2.12. The fourth-order valence-corrected chi connectivity index (χ4v) is 1.41. The van der Waals surface area contributed by atoms with E-state index >= 15 is 0 Å². The minimum Gasteiger partial charge on any atom is -0.464 e. The van der Waals surface area contributed by atoms with Crippen molar-refractivity contribution in [2.45, 2.75) is 0 Å². The Labute approximate surface area is 109 Å². The molecule has 0 aromatic carbocycles. The molecule has 2 aromatic rings. The summed E-state index contributed by atoms with van der Waals surface area (Å²) >= 11 is 0. The van der Waals surface area contributed by atoms with Gasteiger partial charge in [-0.3, -0.25) is 9.78 Å². The summed E-state index contributed by atoms with van der Waals surface area (Å²) in [6.45, 7) is 0. The maximum Gasteiger partial charge on any atom is 0.356 e. The number of anilines is 1. The van der Waals surface area contributed by atoms with Gasteiger partial charge in [0.15, 0.2) is 0 Å². The average Bonchev–Trinajstić information content (AvgIpc) is 2.47. The van der Waals surface area contributed by atoms with Crippen molar-refractivity contribution in [2.75, 3.05) is 12.4 Å². The molecule has 0 saturated heterocycles. The highest BCUT2D eigenvalue weighted by molar-refractivity contribution is 6.03. The monoisotopic (exact) mass is 257 g/mol. The fraction of sp³-hybridized carbons (Fsp3) is 0.0769. The molecule has 0 bridgehead atoms. The minimum atomic E-state index is -0.587. The van der Waals surface area contributed by atoms with Gasteiger partial charge in [-0.25, -0.2) is 9.78 Å². The van der Waals surface area contributed by atoms with Crippen LogP contribution in [0.2, 0.25) is 0 Å². The van der Waals surface area contributed by atoms with Crippen LogP contribution in [0, 0.1) is 0 Å². The number of carbonyl (C=O) groups excluding carboxylic acids is 2. The number of carbonyl (C=O) groups is 2. The Morgan fingerprint density at radius 2 is 1.95 bits per heavy atom. The summed E-state index contributed by atoms with van der Waals surface area (Å²) in [5.74, 6) is -1.00. The van der Waals surface area contributed by atoms with E-state index in [2.05, 4.69) is 20.0 Å². The van der Waals surface area contributed by atoms with Crippen LogP contribution < -0.4 is 5.32 Å². The average molecular weight is 257 g/mol. The number of rotatable bonds is 3. The van der Waals surface area contributed by atoms with Gasteiger partial charge in [-0.1, -0.05) is 6.07 Å². The number of pyridine rings is 2. The third-order valence-corrected chi connectivity index (χ3v) is 2.30. The lowest BCUT2D eigenvalue weighted by Gasteiger charge is -2.05. The molecule has 19 heavy (non-hydrogen) atoms. The van der Waals surface area contributed by atoms with Crippen LogP contribution in [0.4, 0.5) is 5.69 Å². The Hall–Kier alpha value is -2.76. The normalized spacial score (nSPS) is 9.74. The van der Waals surface area contributed by atoms with E-state index in [9.17, 15) is 9.59 Å². The number of esters is 1. The molecule has 0 saturated carbocycles. The van der Waals surface area contributed by atoms with Crippen LogP contribution in [-0.4, -0.2) is 29.0 Å². The number of methoxy groups -OCH3 is 1. The Balaban J connectivity index is 2.18. The van der Waals surface area contributed by atoms with Crippen LogP contribution in [0.25, 0.3) is 0 Å². The molecule has 1 N–H and O–H groups in total. The van der Waals surface area contributed by atoms with Crippen LogP contribution in [0.1, 0.15) is 21.0 Å². The molecule has 0 spiro atoms. The van der Waals surface area contributed by atoms with Gasteiger partial charge in [0.25, 0.3) is 5.91 Å². The van der Waals surface area contributed by atoms with Crippen LogP contribution in [0.3, 0.4) is 0 Å². The molecule has 2 heterocycles. The SMILES string of the molecule is COC(=O)c1cccc(C(=O)Nc2cccnc2)n1. The Kier molecular flexibility index (Phi) is 3.82. The molecule has 0 atom stereocenters. The third-order valence-electron chi connectivity index (χ3n) is 2.30. The second-order valence-electron chi connectivity index (χ2n) is 3.60. The minimum absolute atomic E-state index is 0.0846. The topological polar surface area (TPSA) is 81.2 Å². The number of nitrogens with one attached hydrogen (secondary N) is 1. The standard InChI is InChI=1S/C13H11N3O3/c1-19-13(18)11-6-2-5-10(16-11)12(17)15-9-4-3-7-14-8-9/h2-8H,1H3,(H,15,17). The molecule has 2 aromatic heterocycles. The van der Waals surface area contributed by atoms with E-state index in [0.717, 1.165) is 0 Å². The van der Waals surface area contributed by atoms with E-state index in [-0.39, 0.29) is 11.4 Å². The summed E-state index contributed by atoms with van der Waals surface area (Å²) in [5.41, 5.74) is 0.769. The van der Waals surface area contributed by atoms with Gasteiger partial charge in [-0.2, -0.15) is 0 Å². The predicted octanol–water partition coefficient (Wildman–Crippen LogP) is 1.52. The molecule has 0 aliphatic heterocycles. The van der Waals surface area contributed by atoms with E-state index < -0.39 is 11.9 Å². The molecule has 6 nitrogen and oxygen atoms in total. The summed E-state index contributed by atoms with van der Waals surface area (Å²) in [7, 11) is 1.26. The zero-order chi connectivity index (χ0) is 13.7. The summed E-state index contributed by atoms with van der Waals surface area (Å²) in [4.78, 5) is 31.1. The molecule has 0 aliphatic carbocycles. The molecule has 0 fully saturated rings. The Morgan fingerprint density at radius 3 is 2.63 bits per heavy atom. The largest absolute Gasteiger partial charge is 0.464 e. The molecule has 2 rings (SSSR count). The first-order valence-electron chi connectivity index (χ1n) is 5.47. The van der Waals surface area contributed by atoms with Crippen molar-refractivity contribution >= 4 is 17.6 Å². The van der Waals surface area contributed by atoms with Gasteiger partial charge >= 0.3 is 5.97 Å². The van der Waals surface area contributed by atoms with Gasteiger partial charge < -0.3 is 10.1 Å². The first-order chi connectivity index (χ1) is 9.20. The molecule has 0 radical (unpaired) electrons. The summed E-state index contributed by atoms with van der Waals surface area (Å²) in [6, 6.07) is 7.96. The van der Waals surface area contributed by atoms with Crippen molar-refractivity contribution in [3.05, 3.63) is 54.1 Å². The van der Waals surface area contributed by atoms with Gasteiger partial charge in [0, 0.05) is 6.20 Å². The van der Waals surface area contributed by atoms with E-state index in [0.29, 0.717) is 5.69 Å². The smallest absolute Gasteiger partial charge is 0.356 e. The third kappa shape index (κ3) is 3.12. The molecule has 0 unspecified atom stereocenters. The second-order valence-corrected chi connectivity index (χ2v) is 3.60. The first kappa shape index (κ1) is 12.7. The molecule has 0 aliphatic rings. The number of hydrogen-bond donors (Lipinski definition) is 1. The summed E-state index contributed by atoms with van der Waals surface area (Å²) in [5, 5.41) is 2.63. The van der Waals surface area contributed by atoms with Crippen LogP contribution in [0.5, 0.6) is 0 Å². The van der Waals surface area contributed by atoms with Gasteiger partial charge in [-0.05, 0) is 24.3 Å². The molecular weight excluding hydrogens is 246 g/mol. The highest BCUT2D eigenvalue weighted by Crippen LogP contribution is 2.07. The first-order valence-corrected chi connectivity index (χ1v) is 5.47. The quantitative estimate of drug-likeness (QED) is 0.843. The summed E-state index contributed by atoms with van der Waals surface area (Å²) in [6.07, 6.45) is 3.12. The van der Waals surface area contributed by atoms with Crippen molar-refractivity contribution in [1.29, 1.82) is 0 Å².